The lowest BCUT2D eigenvalue weighted by molar-refractivity contribution is 0.478. The lowest BCUT2D eigenvalue weighted by Gasteiger charge is -2.14. The summed E-state index contributed by atoms with van der Waals surface area (Å²) in [6.45, 7) is 6.83. The molecule has 0 heterocycles. The van der Waals surface area contributed by atoms with Crippen molar-refractivity contribution >= 4 is 11.6 Å². The van der Waals surface area contributed by atoms with Gasteiger partial charge < -0.3 is 10.5 Å². The molecule has 0 radical (unpaired) electrons. The quantitative estimate of drug-likeness (QED) is 0.857. The van der Waals surface area contributed by atoms with E-state index in [4.69, 9.17) is 22.1 Å². The van der Waals surface area contributed by atoms with Crippen molar-refractivity contribution in [2.24, 2.45) is 5.73 Å². The van der Waals surface area contributed by atoms with Gasteiger partial charge in [-0.25, -0.2) is 0 Å². The normalized spacial score (nSPS) is 10.9. The number of hydrogen-bond donors (Lipinski definition) is 1. The highest BCUT2D eigenvalue weighted by molar-refractivity contribution is 6.32. The molecule has 2 nitrogen and oxygen atoms in total. The topological polar surface area (TPSA) is 35.2 Å². The minimum Gasteiger partial charge on any atom is -0.456 e. The Bertz CT molecular complexity index is 608. The predicted octanol–water partition coefficient (Wildman–Crippen LogP) is 5.02. The number of benzene rings is 2. The number of ether oxygens (including phenoxy) is 1. The summed E-state index contributed by atoms with van der Waals surface area (Å²) in [5, 5.41) is 0.585. The molecule has 0 fully saturated rings. The first-order valence-corrected chi connectivity index (χ1v) is 7.16. The van der Waals surface area contributed by atoms with E-state index in [1.54, 1.807) is 0 Å². The first-order chi connectivity index (χ1) is 9.51. The van der Waals surface area contributed by atoms with E-state index >= 15 is 0 Å². The highest BCUT2D eigenvalue weighted by Gasteiger charge is 2.08. The van der Waals surface area contributed by atoms with Crippen molar-refractivity contribution < 1.29 is 4.74 Å². The molecule has 3 heteroatoms. The van der Waals surface area contributed by atoms with Gasteiger partial charge >= 0.3 is 0 Å². The lowest BCUT2D eigenvalue weighted by atomic mass is 10.0. The van der Waals surface area contributed by atoms with Gasteiger partial charge in [-0.2, -0.15) is 0 Å². The van der Waals surface area contributed by atoms with Crippen molar-refractivity contribution in [2.45, 2.75) is 33.2 Å². The van der Waals surface area contributed by atoms with Crippen molar-refractivity contribution in [3.05, 3.63) is 58.1 Å². The molecule has 106 valence electrons. The minimum absolute atomic E-state index is 0.466. The molecule has 0 aliphatic rings. The van der Waals surface area contributed by atoms with Crippen molar-refractivity contribution in [1.29, 1.82) is 0 Å². The molecule has 0 aliphatic carbocycles. The molecule has 2 N–H and O–H groups in total. The molecule has 2 aromatic rings. The molecule has 0 aromatic heterocycles. The van der Waals surface area contributed by atoms with Crippen LogP contribution in [0.2, 0.25) is 5.02 Å². The summed E-state index contributed by atoms with van der Waals surface area (Å²) in [5.41, 5.74) is 8.94. The van der Waals surface area contributed by atoms with Gasteiger partial charge in [-0.3, -0.25) is 0 Å². The minimum atomic E-state index is 0.466. The van der Waals surface area contributed by atoms with Crippen LogP contribution in [0.15, 0.2) is 36.4 Å². The van der Waals surface area contributed by atoms with Crippen LogP contribution in [-0.4, -0.2) is 0 Å². The van der Waals surface area contributed by atoms with Crippen LogP contribution in [0.4, 0.5) is 0 Å². The fourth-order valence-corrected chi connectivity index (χ4v) is 2.20. The Morgan fingerprint density at radius 3 is 2.45 bits per heavy atom. The van der Waals surface area contributed by atoms with Gasteiger partial charge in [0.15, 0.2) is 0 Å². The van der Waals surface area contributed by atoms with Gasteiger partial charge in [0.05, 0.1) is 5.02 Å². The molecule has 0 spiro atoms. The van der Waals surface area contributed by atoms with Crippen LogP contribution in [0.5, 0.6) is 11.5 Å². The highest BCUT2D eigenvalue weighted by atomic mass is 35.5. The van der Waals surface area contributed by atoms with Crippen LogP contribution in [-0.2, 0) is 6.54 Å². The zero-order chi connectivity index (χ0) is 14.7. The third-order valence-corrected chi connectivity index (χ3v) is 3.63. The largest absolute Gasteiger partial charge is 0.456 e. The zero-order valence-electron chi connectivity index (χ0n) is 12.1. The highest BCUT2D eigenvalue weighted by Crippen LogP contribution is 2.33. The van der Waals surface area contributed by atoms with Gasteiger partial charge in [0.2, 0.25) is 0 Å². The summed E-state index contributed by atoms with van der Waals surface area (Å²) in [5.74, 6) is 1.97. The molecule has 0 saturated carbocycles. The summed E-state index contributed by atoms with van der Waals surface area (Å²) in [7, 11) is 0. The summed E-state index contributed by atoms with van der Waals surface area (Å²) >= 11 is 6.23. The van der Waals surface area contributed by atoms with Crippen molar-refractivity contribution in [3.8, 4) is 11.5 Å². The average Bonchev–Trinajstić information content (AvgIpc) is 2.42. The van der Waals surface area contributed by atoms with E-state index in [0.29, 0.717) is 23.2 Å². The van der Waals surface area contributed by atoms with Gasteiger partial charge in [-0.05, 0) is 47.7 Å². The fraction of sp³-hybridized carbons (Fsp3) is 0.294. The van der Waals surface area contributed by atoms with Crippen molar-refractivity contribution in [2.75, 3.05) is 0 Å². The van der Waals surface area contributed by atoms with E-state index in [1.165, 1.54) is 5.56 Å². The second kappa shape index (κ2) is 6.29. The third-order valence-electron chi connectivity index (χ3n) is 3.33. The Morgan fingerprint density at radius 2 is 1.85 bits per heavy atom. The van der Waals surface area contributed by atoms with Crippen molar-refractivity contribution in [3.63, 3.8) is 0 Å². The van der Waals surface area contributed by atoms with Gasteiger partial charge in [0, 0.05) is 6.54 Å². The van der Waals surface area contributed by atoms with Gasteiger partial charge in [0.1, 0.15) is 11.5 Å². The smallest absolute Gasteiger partial charge is 0.146 e. The Labute approximate surface area is 125 Å². The van der Waals surface area contributed by atoms with Crippen LogP contribution in [0, 0.1) is 6.92 Å². The Kier molecular flexibility index (Phi) is 4.69. The maximum absolute atomic E-state index is 6.23. The molecule has 0 bridgehead atoms. The maximum Gasteiger partial charge on any atom is 0.146 e. The Balaban J connectivity index is 2.32. The molecular formula is C17H20ClNO. The zero-order valence-corrected chi connectivity index (χ0v) is 12.9. The number of halogens is 1. The Hall–Kier alpha value is -1.51. The number of hydrogen-bond acceptors (Lipinski definition) is 2. The predicted molar refractivity (Wildman–Crippen MR) is 84.7 cm³/mol. The van der Waals surface area contributed by atoms with Crippen LogP contribution >= 0.6 is 11.6 Å². The van der Waals surface area contributed by atoms with Crippen LogP contribution in [0.1, 0.15) is 36.5 Å². The maximum atomic E-state index is 6.23. The number of nitrogens with two attached hydrogens (primary N) is 1. The number of aryl methyl sites for hydroxylation is 1. The average molecular weight is 290 g/mol. The molecule has 0 aliphatic heterocycles. The van der Waals surface area contributed by atoms with Gasteiger partial charge in [-0.15, -0.1) is 0 Å². The Morgan fingerprint density at radius 1 is 1.10 bits per heavy atom. The van der Waals surface area contributed by atoms with E-state index in [0.717, 1.165) is 16.9 Å². The van der Waals surface area contributed by atoms with Gasteiger partial charge in [0.25, 0.3) is 0 Å². The molecule has 2 aromatic carbocycles. The molecule has 20 heavy (non-hydrogen) atoms. The number of rotatable bonds is 4. The first-order valence-electron chi connectivity index (χ1n) is 6.78. The summed E-state index contributed by atoms with van der Waals surface area (Å²) in [6.07, 6.45) is 0. The SMILES string of the molecule is Cc1ccc(C(C)C)cc1Oc1ccc(CN)cc1Cl. The molecule has 2 rings (SSSR count). The van der Waals surface area contributed by atoms with Crippen molar-refractivity contribution in [1.82, 2.24) is 0 Å². The van der Waals surface area contributed by atoms with E-state index in [2.05, 4.69) is 32.0 Å². The van der Waals surface area contributed by atoms with Crippen LogP contribution in [0.3, 0.4) is 0 Å². The van der Waals surface area contributed by atoms with E-state index in [1.807, 2.05) is 25.1 Å². The van der Waals surface area contributed by atoms with E-state index in [9.17, 15) is 0 Å². The summed E-state index contributed by atoms with van der Waals surface area (Å²) in [6, 6.07) is 11.9. The first kappa shape index (κ1) is 14.9. The second-order valence-electron chi connectivity index (χ2n) is 5.25. The van der Waals surface area contributed by atoms with Gasteiger partial charge in [-0.1, -0.05) is 43.6 Å². The lowest BCUT2D eigenvalue weighted by Crippen LogP contribution is -1.97. The standard InChI is InChI=1S/C17H20ClNO/c1-11(2)14-6-4-12(3)17(9-14)20-16-7-5-13(10-19)8-15(16)18/h4-9,11H,10,19H2,1-3H3. The van der Waals surface area contributed by atoms with E-state index in [-0.39, 0.29) is 0 Å². The molecule has 0 unspecified atom stereocenters. The molecule has 0 atom stereocenters. The fourth-order valence-electron chi connectivity index (χ4n) is 1.96. The summed E-state index contributed by atoms with van der Waals surface area (Å²) < 4.78 is 5.96. The monoisotopic (exact) mass is 289 g/mol. The third kappa shape index (κ3) is 3.33. The molecule has 0 saturated heterocycles. The van der Waals surface area contributed by atoms with Crippen LogP contribution in [0.25, 0.3) is 0 Å². The molecular weight excluding hydrogens is 270 g/mol. The second-order valence-corrected chi connectivity index (χ2v) is 5.66. The van der Waals surface area contributed by atoms with Crippen LogP contribution < -0.4 is 10.5 Å². The summed E-state index contributed by atoms with van der Waals surface area (Å²) in [4.78, 5) is 0. The van der Waals surface area contributed by atoms with E-state index < -0.39 is 0 Å². The molecule has 0 amide bonds.